The molecule has 0 unspecified atom stereocenters. The zero-order valence-electron chi connectivity index (χ0n) is 18.4. The van der Waals surface area contributed by atoms with Gasteiger partial charge in [-0.15, -0.1) is 0 Å². The van der Waals surface area contributed by atoms with Gasteiger partial charge in [-0.25, -0.2) is 18.4 Å². The minimum Gasteiger partial charge on any atom is -0.325 e. The van der Waals surface area contributed by atoms with E-state index in [2.05, 4.69) is 21.4 Å². The van der Waals surface area contributed by atoms with E-state index in [-0.39, 0.29) is 23.1 Å². The summed E-state index contributed by atoms with van der Waals surface area (Å²) in [7, 11) is -2.14. The summed E-state index contributed by atoms with van der Waals surface area (Å²) in [5.74, 6) is 0.280. The van der Waals surface area contributed by atoms with Crippen LogP contribution in [0.2, 0.25) is 0 Å². The SMILES string of the molecule is Cc1nc(C)c(C#N)c(SCC(=O)Nc2ccc(S(=O)(=O)N(C)Cc3ccccc3)cc2)n1. The first kappa shape index (κ1) is 24.4. The lowest BCUT2D eigenvalue weighted by atomic mass is 10.2. The second-order valence-electron chi connectivity index (χ2n) is 7.26. The Morgan fingerprint density at radius 1 is 1.09 bits per heavy atom. The average Bonchev–Trinajstić information content (AvgIpc) is 2.78. The molecule has 0 saturated carbocycles. The fourth-order valence-corrected chi connectivity index (χ4v) is 5.09. The largest absolute Gasteiger partial charge is 0.325 e. The van der Waals surface area contributed by atoms with E-state index in [1.165, 1.54) is 23.5 Å². The van der Waals surface area contributed by atoms with Crippen molar-refractivity contribution in [1.29, 1.82) is 5.26 Å². The van der Waals surface area contributed by atoms with Gasteiger partial charge >= 0.3 is 0 Å². The van der Waals surface area contributed by atoms with Crippen molar-refractivity contribution >= 4 is 33.4 Å². The fourth-order valence-electron chi connectivity index (χ4n) is 3.06. The Morgan fingerprint density at radius 3 is 2.39 bits per heavy atom. The summed E-state index contributed by atoms with van der Waals surface area (Å²) in [5, 5.41) is 12.5. The fraction of sp³-hybridized carbons (Fsp3) is 0.217. The number of aryl methyl sites for hydroxylation is 2. The number of benzene rings is 2. The first-order chi connectivity index (χ1) is 15.7. The lowest BCUT2D eigenvalue weighted by molar-refractivity contribution is -0.113. The smallest absolute Gasteiger partial charge is 0.243 e. The summed E-state index contributed by atoms with van der Waals surface area (Å²) in [6.07, 6.45) is 0. The van der Waals surface area contributed by atoms with Crippen molar-refractivity contribution in [2.75, 3.05) is 18.1 Å². The van der Waals surface area contributed by atoms with Crippen molar-refractivity contribution in [1.82, 2.24) is 14.3 Å². The molecule has 0 aliphatic carbocycles. The molecule has 1 heterocycles. The first-order valence-corrected chi connectivity index (χ1v) is 12.4. The highest BCUT2D eigenvalue weighted by atomic mass is 32.2. The number of anilines is 1. The molecule has 3 aromatic rings. The van der Waals surface area contributed by atoms with Crippen molar-refractivity contribution < 1.29 is 13.2 Å². The van der Waals surface area contributed by atoms with Gasteiger partial charge in [-0.3, -0.25) is 4.79 Å². The third-order valence-electron chi connectivity index (χ3n) is 4.71. The van der Waals surface area contributed by atoms with Gasteiger partial charge in [-0.2, -0.15) is 9.57 Å². The second kappa shape index (κ2) is 10.6. The number of hydrogen-bond donors (Lipinski definition) is 1. The van der Waals surface area contributed by atoms with Crippen LogP contribution in [0.25, 0.3) is 0 Å². The predicted molar refractivity (Wildman–Crippen MR) is 127 cm³/mol. The Bertz CT molecular complexity index is 1290. The molecule has 1 aromatic heterocycles. The van der Waals surface area contributed by atoms with E-state index in [0.29, 0.717) is 27.8 Å². The van der Waals surface area contributed by atoms with E-state index in [1.807, 2.05) is 30.3 Å². The second-order valence-corrected chi connectivity index (χ2v) is 10.3. The van der Waals surface area contributed by atoms with E-state index in [4.69, 9.17) is 0 Å². The summed E-state index contributed by atoms with van der Waals surface area (Å²) >= 11 is 1.15. The molecule has 8 nitrogen and oxygen atoms in total. The molecule has 0 aliphatic heterocycles. The maximum absolute atomic E-state index is 12.8. The van der Waals surface area contributed by atoms with Crippen molar-refractivity contribution in [3.63, 3.8) is 0 Å². The summed E-state index contributed by atoms with van der Waals surface area (Å²) < 4.78 is 27.0. The van der Waals surface area contributed by atoms with Crippen molar-refractivity contribution in [2.45, 2.75) is 30.3 Å². The van der Waals surface area contributed by atoms with Crippen LogP contribution in [0.4, 0.5) is 5.69 Å². The van der Waals surface area contributed by atoms with Gasteiger partial charge in [0.15, 0.2) is 0 Å². The Morgan fingerprint density at radius 2 is 1.76 bits per heavy atom. The normalized spacial score (nSPS) is 11.2. The Labute approximate surface area is 197 Å². The average molecular weight is 482 g/mol. The van der Waals surface area contributed by atoms with Crippen LogP contribution < -0.4 is 5.32 Å². The number of aromatic nitrogens is 2. The zero-order valence-corrected chi connectivity index (χ0v) is 20.1. The van der Waals surface area contributed by atoms with Gasteiger partial charge in [0.2, 0.25) is 15.9 Å². The van der Waals surface area contributed by atoms with Gasteiger partial charge in [0.05, 0.1) is 16.3 Å². The molecule has 0 fully saturated rings. The number of rotatable bonds is 8. The van der Waals surface area contributed by atoms with Gasteiger partial charge in [0, 0.05) is 19.3 Å². The molecule has 0 saturated heterocycles. The lowest BCUT2D eigenvalue weighted by Crippen LogP contribution is -2.26. The number of nitrogens with zero attached hydrogens (tertiary/aromatic N) is 4. The monoisotopic (exact) mass is 481 g/mol. The van der Waals surface area contributed by atoms with Gasteiger partial charge < -0.3 is 5.32 Å². The third kappa shape index (κ3) is 6.16. The highest BCUT2D eigenvalue weighted by Crippen LogP contribution is 2.23. The highest BCUT2D eigenvalue weighted by Gasteiger charge is 2.21. The van der Waals surface area contributed by atoms with E-state index in [1.54, 1.807) is 26.0 Å². The summed E-state index contributed by atoms with van der Waals surface area (Å²) in [4.78, 5) is 20.9. The molecule has 0 atom stereocenters. The topological polar surface area (TPSA) is 116 Å². The molecule has 0 spiro atoms. The maximum atomic E-state index is 12.8. The van der Waals surface area contributed by atoms with Crippen LogP contribution in [0.1, 0.15) is 22.6 Å². The van der Waals surface area contributed by atoms with Crippen LogP contribution in [0.15, 0.2) is 64.5 Å². The molecule has 33 heavy (non-hydrogen) atoms. The molecule has 0 bridgehead atoms. The standard InChI is InChI=1S/C23H23N5O3S2/c1-16-21(13-24)23(26-17(2)25-16)32-15-22(29)27-19-9-11-20(12-10-19)33(30,31)28(3)14-18-7-5-4-6-8-18/h4-12H,14-15H2,1-3H3,(H,27,29). The molecule has 10 heteroatoms. The molecular formula is C23H23N5O3S2. The third-order valence-corrected chi connectivity index (χ3v) is 7.51. The Hall–Kier alpha value is -3.26. The molecule has 1 N–H and O–H groups in total. The van der Waals surface area contributed by atoms with Gasteiger partial charge in [-0.1, -0.05) is 42.1 Å². The van der Waals surface area contributed by atoms with Gasteiger partial charge in [0.25, 0.3) is 0 Å². The zero-order chi connectivity index (χ0) is 24.0. The van der Waals surface area contributed by atoms with Crippen LogP contribution in [0, 0.1) is 25.2 Å². The number of nitriles is 1. The number of carbonyl (C=O) groups excluding carboxylic acids is 1. The minimum atomic E-state index is -3.67. The molecule has 1 amide bonds. The van der Waals surface area contributed by atoms with Crippen LogP contribution in [-0.2, 0) is 21.4 Å². The van der Waals surface area contributed by atoms with Crippen LogP contribution >= 0.6 is 11.8 Å². The summed E-state index contributed by atoms with van der Waals surface area (Å²) in [5.41, 5.74) is 2.29. The molecule has 0 aliphatic rings. The molecule has 0 radical (unpaired) electrons. The van der Waals surface area contributed by atoms with E-state index < -0.39 is 10.0 Å². The van der Waals surface area contributed by atoms with Crippen LogP contribution in [-0.4, -0.2) is 41.4 Å². The summed E-state index contributed by atoms with van der Waals surface area (Å²) in [6, 6.07) is 17.4. The number of nitrogens with one attached hydrogen (secondary N) is 1. The molecular weight excluding hydrogens is 458 g/mol. The number of carbonyl (C=O) groups is 1. The van der Waals surface area contributed by atoms with Crippen molar-refractivity contribution in [3.05, 3.63) is 77.2 Å². The van der Waals surface area contributed by atoms with Crippen molar-refractivity contribution in [3.8, 4) is 6.07 Å². The number of thioether (sulfide) groups is 1. The predicted octanol–water partition coefficient (Wildman–Crippen LogP) is 3.52. The maximum Gasteiger partial charge on any atom is 0.243 e. The number of amides is 1. The Balaban J connectivity index is 1.62. The molecule has 170 valence electrons. The van der Waals surface area contributed by atoms with E-state index >= 15 is 0 Å². The van der Waals surface area contributed by atoms with Crippen molar-refractivity contribution in [2.24, 2.45) is 0 Å². The Kier molecular flexibility index (Phi) is 7.81. The molecule has 3 rings (SSSR count). The number of hydrogen-bond acceptors (Lipinski definition) is 7. The summed E-state index contributed by atoms with van der Waals surface area (Å²) in [6.45, 7) is 3.71. The van der Waals surface area contributed by atoms with Gasteiger partial charge in [-0.05, 0) is 43.7 Å². The number of sulfonamides is 1. The van der Waals surface area contributed by atoms with E-state index in [9.17, 15) is 18.5 Å². The minimum absolute atomic E-state index is 0.0461. The van der Waals surface area contributed by atoms with E-state index in [0.717, 1.165) is 17.3 Å². The lowest BCUT2D eigenvalue weighted by Gasteiger charge is -2.17. The highest BCUT2D eigenvalue weighted by molar-refractivity contribution is 8.00. The van der Waals surface area contributed by atoms with Crippen LogP contribution in [0.5, 0.6) is 0 Å². The first-order valence-electron chi connectivity index (χ1n) is 9.99. The van der Waals surface area contributed by atoms with Gasteiger partial charge in [0.1, 0.15) is 22.5 Å². The quantitative estimate of drug-likeness (QED) is 0.386. The molecule has 2 aromatic carbocycles. The van der Waals surface area contributed by atoms with Crippen LogP contribution in [0.3, 0.4) is 0 Å².